The molecule has 1 unspecified atom stereocenters. The molecule has 0 aliphatic carbocycles. The van der Waals surface area contributed by atoms with E-state index in [1.807, 2.05) is 18.2 Å². The van der Waals surface area contributed by atoms with Crippen LogP contribution in [0.2, 0.25) is 5.02 Å². The van der Waals surface area contributed by atoms with Crippen molar-refractivity contribution in [3.8, 4) is 11.4 Å². The van der Waals surface area contributed by atoms with E-state index in [2.05, 4.69) is 63.2 Å². The van der Waals surface area contributed by atoms with Crippen molar-refractivity contribution < 1.29 is 9.53 Å². The third kappa shape index (κ3) is 4.63. The number of nitrogens with one attached hydrogen (secondary N) is 2. The van der Waals surface area contributed by atoms with Crippen LogP contribution < -0.4 is 15.4 Å². The summed E-state index contributed by atoms with van der Waals surface area (Å²) in [6.45, 7) is 4.13. The van der Waals surface area contributed by atoms with Crippen LogP contribution in [0.15, 0.2) is 57.9 Å². The third-order valence-electron chi connectivity index (χ3n) is 5.02. The molecule has 0 spiro atoms. The molecule has 1 aromatic heterocycles. The van der Waals surface area contributed by atoms with Crippen LogP contribution in [0.3, 0.4) is 0 Å². The van der Waals surface area contributed by atoms with Crippen molar-refractivity contribution in [3.05, 3.63) is 79.9 Å². The first-order chi connectivity index (χ1) is 14.9. The fourth-order valence-electron chi connectivity index (χ4n) is 3.56. The van der Waals surface area contributed by atoms with Crippen LogP contribution in [-0.4, -0.2) is 23.1 Å². The molecule has 0 radical (unpaired) electrons. The van der Waals surface area contributed by atoms with Crippen molar-refractivity contribution in [3.63, 3.8) is 0 Å². The first-order valence-corrected chi connectivity index (χ1v) is 11.6. The van der Waals surface area contributed by atoms with Crippen LogP contribution in [0.1, 0.15) is 17.0 Å². The maximum atomic E-state index is 12.6. The molecule has 8 heteroatoms. The molecule has 3 aromatic rings. The van der Waals surface area contributed by atoms with Crippen molar-refractivity contribution in [2.75, 3.05) is 12.4 Å². The highest BCUT2D eigenvalue weighted by Gasteiger charge is 2.28. The van der Waals surface area contributed by atoms with Crippen LogP contribution in [0.25, 0.3) is 11.8 Å². The fourth-order valence-corrected chi connectivity index (χ4v) is 4.97. The topological polar surface area (TPSA) is 55.3 Å². The SMILES string of the molecule is COc1ccc(Cl)cc1NC1NC(=O)/C(=C/c2cc(C)n(-c3ccc(Br)cc3)c2C)S1. The molecule has 160 valence electrons. The highest BCUT2D eigenvalue weighted by molar-refractivity contribution is 9.10. The van der Waals surface area contributed by atoms with Gasteiger partial charge in [-0.25, -0.2) is 0 Å². The summed E-state index contributed by atoms with van der Waals surface area (Å²) in [6.07, 6.45) is 1.94. The molecule has 31 heavy (non-hydrogen) atoms. The average molecular weight is 519 g/mol. The predicted octanol–water partition coefficient (Wildman–Crippen LogP) is 6.12. The molecule has 1 atom stereocenters. The van der Waals surface area contributed by atoms with Gasteiger partial charge in [0.05, 0.1) is 17.7 Å². The molecule has 5 nitrogen and oxygen atoms in total. The number of aromatic nitrogens is 1. The van der Waals surface area contributed by atoms with E-state index in [4.69, 9.17) is 16.3 Å². The van der Waals surface area contributed by atoms with Crippen molar-refractivity contribution in [2.45, 2.75) is 19.3 Å². The molecule has 1 fully saturated rings. The number of carbonyl (C=O) groups is 1. The Kier molecular flexibility index (Phi) is 6.36. The number of thioether (sulfide) groups is 1. The number of benzene rings is 2. The Bertz CT molecular complexity index is 1170. The number of rotatable bonds is 5. The molecule has 2 N–H and O–H groups in total. The Hall–Kier alpha value is -2.35. The fraction of sp³-hybridized carbons (Fsp3) is 0.174. The van der Waals surface area contributed by atoms with Crippen LogP contribution in [0.4, 0.5) is 5.69 Å². The van der Waals surface area contributed by atoms with Crippen LogP contribution in [0, 0.1) is 13.8 Å². The summed E-state index contributed by atoms with van der Waals surface area (Å²) >= 11 is 11.0. The van der Waals surface area contributed by atoms with Gasteiger partial charge in [0.15, 0.2) is 5.50 Å². The second kappa shape index (κ2) is 9.02. The molecule has 1 aliphatic heterocycles. The second-order valence-corrected chi connectivity index (χ2v) is 9.61. The van der Waals surface area contributed by atoms with Gasteiger partial charge in [0.2, 0.25) is 0 Å². The van der Waals surface area contributed by atoms with Crippen LogP contribution in [0.5, 0.6) is 5.75 Å². The van der Waals surface area contributed by atoms with E-state index in [0.717, 1.165) is 32.8 Å². The quantitative estimate of drug-likeness (QED) is 0.400. The van der Waals surface area contributed by atoms with E-state index in [1.165, 1.54) is 11.8 Å². The summed E-state index contributed by atoms with van der Waals surface area (Å²) in [5.41, 5.74) is 4.68. The minimum atomic E-state index is -0.318. The summed E-state index contributed by atoms with van der Waals surface area (Å²) in [5.74, 6) is 0.548. The number of amides is 1. The average Bonchev–Trinajstić information content (AvgIpc) is 3.21. The van der Waals surface area contributed by atoms with E-state index >= 15 is 0 Å². The number of aryl methyl sites for hydroxylation is 1. The lowest BCUT2D eigenvalue weighted by atomic mass is 10.2. The number of carbonyl (C=O) groups excluding carboxylic acids is 1. The lowest BCUT2D eigenvalue weighted by Crippen LogP contribution is -2.31. The van der Waals surface area contributed by atoms with Gasteiger partial charge in [0.25, 0.3) is 5.91 Å². The molecule has 0 bridgehead atoms. The van der Waals surface area contributed by atoms with E-state index in [9.17, 15) is 4.79 Å². The van der Waals surface area contributed by atoms with Crippen molar-refractivity contribution >= 4 is 57.0 Å². The molecular formula is C23H21BrClN3O2S. The smallest absolute Gasteiger partial charge is 0.260 e. The Morgan fingerprint density at radius 1 is 1.19 bits per heavy atom. The molecular weight excluding hydrogens is 498 g/mol. The molecule has 2 heterocycles. The molecule has 1 saturated heterocycles. The lowest BCUT2D eigenvalue weighted by Gasteiger charge is -2.15. The molecule has 1 aliphatic rings. The number of nitrogens with zero attached hydrogens (tertiary/aromatic N) is 1. The van der Waals surface area contributed by atoms with Gasteiger partial charge in [-0.3, -0.25) is 4.79 Å². The van der Waals surface area contributed by atoms with Gasteiger partial charge in [0.1, 0.15) is 5.75 Å². The minimum Gasteiger partial charge on any atom is -0.495 e. The minimum absolute atomic E-state index is 0.114. The highest BCUT2D eigenvalue weighted by atomic mass is 79.9. The highest BCUT2D eigenvalue weighted by Crippen LogP contribution is 2.35. The van der Waals surface area contributed by atoms with E-state index < -0.39 is 0 Å². The largest absolute Gasteiger partial charge is 0.495 e. The van der Waals surface area contributed by atoms with Gasteiger partial charge < -0.3 is 19.9 Å². The summed E-state index contributed by atoms with van der Waals surface area (Å²) in [4.78, 5) is 13.2. The predicted molar refractivity (Wildman–Crippen MR) is 132 cm³/mol. The molecule has 4 rings (SSSR count). The first kappa shape index (κ1) is 21.9. The summed E-state index contributed by atoms with van der Waals surface area (Å²) < 4.78 is 8.60. The van der Waals surface area contributed by atoms with Crippen molar-refractivity contribution in [1.82, 2.24) is 9.88 Å². The number of anilines is 1. The zero-order chi connectivity index (χ0) is 22.1. The number of hydrogen-bond acceptors (Lipinski definition) is 4. The maximum absolute atomic E-state index is 12.6. The number of halogens is 2. The zero-order valence-electron chi connectivity index (χ0n) is 17.2. The lowest BCUT2D eigenvalue weighted by molar-refractivity contribution is -0.116. The molecule has 0 saturated carbocycles. The number of ether oxygens (including phenoxy) is 1. The van der Waals surface area contributed by atoms with E-state index in [-0.39, 0.29) is 11.4 Å². The van der Waals surface area contributed by atoms with E-state index in [0.29, 0.717) is 15.7 Å². The summed E-state index contributed by atoms with van der Waals surface area (Å²) in [6, 6.07) is 15.6. The van der Waals surface area contributed by atoms with Gasteiger partial charge in [-0.15, -0.1) is 0 Å². The van der Waals surface area contributed by atoms with Gasteiger partial charge in [-0.1, -0.05) is 39.3 Å². The number of methoxy groups -OCH3 is 1. The van der Waals surface area contributed by atoms with E-state index in [1.54, 1.807) is 25.3 Å². The van der Waals surface area contributed by atoms with Gasteiger partial charge >= 0.3 is 0 Å². The Morgan fingerprint density at radius 3 is 2.65 bits per heavy atom. The second-order valence-electron chi connectivity index (χ2n) is 7.11. The molecule has 1 amide bonds. The van der Waals surface area contributed by atoms with Crippen LogP contribution >= 0.6 is 39.3 Å². The summed E-state index contributed by atoms with van der Waals surface area (Å²) in [5, 5.41) is 6.83. The number of hydrogen-bond donors (Lipinski definition) is 2. The van der Waals surface area contributed by atoms with Gasteiger partial charge in [0, 0.05) is 26.6 Å². The Labute approximate surface area is 198 Å². The van der Waals surface area contributed by atoms with Crippen LogP contribution in [-0.2, 0) is 4.79 Å². The third-order valence-corrected chi connectivity index (χ3v) is 6.81. The molecule has 2 aromatic carbocycles. The van der Waals surface area contributed by atoms with Crippen molar-refractivity contribution in [2.24, 2.45) is 0 Å². The van der Waals surface area contributed by atoms with Crippen molar-refractivity contribution in [1.29, 1.82) is 0 Å². The summed E-state index contributed by atoms with van der Waals surface area (Å²) in [7, 11) is 1.60. The van der Waals surface area contributed by atoms with Gasteiger partial charge in [-0.05, 0) is 74.0 Å². The maximum Gasteiger partial charge on any atom is 0.260 e. The Balaban J connectivity index is 1.58. The Morgan fingerprint density at radius 2 is 1.94 bits per heavy atom. The van der Waals surface area contributed by atoms with Gasteiger partial charge in [-0.2, -0.15) is 0 Å². The standard InChI is InChI=1S/C23H21BrClN3O2S/c1-13-10-15(14(2)28(13)18-7-4-16(24)5-8-18)11-21-22(29)27-23(31-21)26-19-12-17(25)6-9-20(19)30-3/h4-12,23,26H,1-3H3,(H,27,29)/b21-11-. The first-order valence-electron chi connectivity index (χ1n) is 9.60. The zero-order valence-corrected chi connectivity index (χ0v) is 20.4. The normalized spacial score (nSPS) is 17.1. The monoisotopic (exact) mass is 517 g/mol.